The number of hydrogen-bond donors (Lipinski definition) is 8. The average molecular weight is 563 g/mol. The van der Waals surface area contributed by atoms with Gasteiger partial charge in [0.1, 0.15) is 77.1 Å². The highest BCUT2D eigenvalue weighted by Gasteiger charge is 2.50. The van der Waals surface area contributed by atoms with Gasteiger partial charge in [-0.15, -0.1) is 0 Å². The molecule has 10 atom stereocenters. The normalized spacial score (nSPS) is 34.7. The molecule has 0 unspecified atom stereocenters. The predicted molar refractivity (Wildman–Crippen MR) is 135 cm³/mol. The first-order valence-corrected chi connectivity index (χ1v) is 12.6. The standard InChI is InChI=1S/C27H30O13/c1-10-20(32)22(34)24(36)27(37-10)40-26-23(35)21(33)18(9-28)39-25(26)12-6-14(30)19-15(31)8-16(38-17(19)7-12)11-2-4-13(29)5-3-11/h2-8,10,18,20-30,32-36H,9H2,1H3/t10-,18+,20-,21+,22+,23-,24+,25-,26+,27+/m0/s1. The Morgan fingerprint density at radius 3 is 2.23 bits per heavy atom. The first kappa shape index (κ1) is 28.4. The molecule has 216 valence electrons. The van der Waals surface area contributed by atoms with E-state index in [0.29, 0.717) is 5.56 Å². The molecule has 0 spiro atoms. The highest BCUT2D eigenvalue weighted by molar-refractivity contribution is 5.85. The molecule has 0 amide bonds. The maximum absolute atomic E-state index is 12.9. The molecule has 0 radical (unpaired) electrons. The summed E-state index contributed by atoms with van der Waals surface area (Å²) >= 11 is 0. The van der Waals surface area contributed by atoms with E-state index >= 15 is 0 Å². The van der Waals surface area contributed by atoms with Crippen molar-refractivity contribution in [3.63, 3.8) is 0 Å². The highest BCUT2D eigenvalue weighted by Crippen LogP contribution is 2.39. The Hall–Kier alpha value is -3.11. The molecule has 13 nitrogen and oxygen atoms in total. The zero-order valence-electron chi connectivity index (χ0n) is 21.1. The lowest BCUT2D eigenvalue weighted by Crippen LogP contribution is -2.61. The summed E-state index contributed by atoms with van der Waals surface area (Å²) in [6.45, 7) is 0.749. The van der Waals surface area contributed by atoms with Crippen LogP contribution >= 0.6 is 0 Å². The largest absolute Gasteiger partial charge is 0.508 e. The topological polar surface area (TPSA) is 220 Å². The van der Waals surface area contributed by atoms with Crippen molar-refractivity contribution in [2.45, 2.75) is 68.1 Å². The van der Waals surface area contributed by atoms with E-state index in [1.807, 2.05) is 0 Å². The van der Waals surface area contributed by atoms with Crippen LogP contribution in [-0.2, 0) is 14.2 Å². The van der Waals surface area contributed by atoms with Crippen LogP contribution < -0.4 is 5.43 Å². The van der Waals surface area contributed by atoms with Gasteiger partial charge < -0.3 is 59.5 Å². The Labute approximate surface area is 226 Å². The molecule has 13 heteroatoms. The van der Waals surface area contributed by atoms with Crippen molar-refractivity contribution >= 4 is 11.0 Å². The van der Waals surface area contributed by atoms with Crippen molar-refractivity contribution in [1.29, 1.82) is 0 Å². The number of hydrogen-bond acceptors (Lipinski definition) is 13. The molecular weight excluding hydrogens is 532 g/mol. The van der Waals surface area contributed by atoms with Crippen LogP contribution in [0.5, 0.6) is 11.5 Å². The molecule has 2 saturated heterocycles. The van der Waals surface area contributed by atoms with Crippen LogP contribution in [0.4, 0.5) is 0 Å². The number of aromatic hydroxyl groups is 2. The van der Waals surface area contributed by atoms with E-state index in [1.54, 1.807) is 0 Å². The number of phenolic OH excluding ortho intramolecular Hbond substituents is 2. The second-order valence-electron chi connectivity index (χ2n) is 9.98. The molecule has 0 bridgehead atoms. The summed E-state index contributed by atoms with van der Waals surface area (Å²) in [5, 5.41) is 82.0. The van der Waals surface area contributed by atoms with Crippen molar-refractivity contribution < 1.29 is 59.5 Å². The SMILES string of the molecule is C[C@@H]1O[C@H](O[C@@H]2[C@@H](O)[C@H](O)[C@@H](CO)O[C@H]2c2cc(O)c3c(=O)cc(-c4ccc(O)cc4)oc3c2)[C@H](O)[C@H](O)[C@H]1O. The van der Waals surface area contributed by atoms with Crippen LogP contribution in [0.2, 0.25) is 0 Å². The van der Waals surface area contributed by atoms with E-state index in [0.717, 1.165) is 0 Å². The van der Waals surface area contributed by atoms with Crippen molar-refractivity contribution in [3.05, 3.63) is 58.3 Å². The van der Waals surface area contributed by atoms with Crippen LogP contribution in [0.25, 0.3) is 22.3 Å². The first-order chi connectivity index (χ1) is 19.0. The Kier molecular flexibility index (Phi) is 7.85. The van der Waals surface area contributed by atoms with Crippen LogP contribution in [0, 0.1) is 0 Å². The lowest BCUT2D eigenvalue weighted by Gasteiger charge is -2.46. The molecule has 40 heavy (non-hydrogen) atoms. The monoisotopic (exact) mass is 562 g/mol. The van der Waals surface area contributed by atoms with Gasteiger partial charge in [0.15, 0.2) is 11.7 Å². The van der Waals surface area contributed by atoms with Crippen LogP contribution in [0.3, 0.4) is 0 Å². The van der Waals surface area contributed by atoms with Gasteiger partial charge in [0.25, 0.3) is 0 Å². The van der Waals surface area contributed by atoms with Gasteiger partial charge in [0.05, 0.1) is 12.7 Å². The maximum Gasteiger partial charge on any atom is 0.197 e. The minimum absolute atomic E-state index is 0.00924. The third-order valence-electron chi connectivity index (χ3n) is 7.28. The Balaban J connectivity index is 1.56. The molecule has 2 aliphatic rings. The van der Waals surface area contributed by atoms with Crippen molar-refractivity contribution in [3.8, 4) is 22.8 Å². The zero-order valence-corrected chi connectivity index (χ0v) is 21.1. The Bertz CT molecular complexity index is 1410. The van der Waals surface area contributed by atoms with Crippen molar-refractivity contribution in [2.75, 3.05) is 6.61 Å². The summed E-state index contributed by atoms with van der Waals surface area (Å²) < 4.78 is 23.0. The maximum atomic E-state index is 12.9. The number of benzene rings is 2. The Morgan fingerprint density at radius 2 is 1.55 bits per heavy atom. The average Bonchev–Trinajstić information content (AvgIpc) is 2.93. The van der Waals surface area contributed by atoms with E-state index in [9.17, 15) is 45.6 Å². The third-order valence-corrected chi connectivity index (χ3v) is 7.28. The minimum atomic E-state index is -1.73. The van der Waals surface area contributed by atoms with Gasteiger partial charge >= 0.3 is 0 Å². The molecule has 3 aromatic rings. The summed E-state index contributed by atoms with van der Waals surface area (Å²) in [7, 11) is 0. The van der Waals surface area contributed by atoms with Gasteiger partial charge in [0, 0.05) is 11.6 Å². The quantitative estimate of drug-likeness (QED) is 0.192. The summed E-state index contributed by atoms with van der Waals surface area (Å²) in [6.07, 6.45) is -14.7. The second-order valence-corrected chi connectivity index (χ2v) is 9.98. The number of ether oxygens (including phenoxy) is 3. The smallest absolute Gasteiger partial charge is 0.197 e. The second kappa shape index (κ2) is 11.0. The van der Waals surface area contributed by atoms with E-state index in [-0.39, 0.29) is 28.0 Å². The molecular formula is C27H30O13. The summed E-state index contributed by atoms with van der Waals surface area (Å²) in [5.74, 6) is -0.339. The summed E-state index contributed by atoms with van der Waals surface area (Å²) in [5.41, 5.74) is -0.0387. The number of aliphatic hydroxyl groups is 6. The Morgan fingerprint density at radius 1 is 0.850 bits per heavy atom. The van der Waals surface area contributed by atoms with Gasteiger partial charge in [-0.1, -0.05) is 0 Å². The van der Waals surface area contributed by atoms with Crippen LogP contribution in [0.15, 0.2) is 51.7 Å². The molecule has 0 saturated carbocycles. The van der Waals surface area contributed by atoms with Gasteiger partial charge in [0.2, 0.25) is 0 Å². The van der Waals surface area contributed by atoms with Crippen LogP contribution in [0.1, 0.15) is 18.6 Å². The minimum Gasteiger partial charge on any atom is -0.508 e. The van der Waals surface area contributed by atoms with Crippen molar-refractivity contribution in [2.24, 2.45) is 0 Å². The molecule has 5 rings (SSSR count). The fourth-order valence-corrected chi connectivity index (χ4v) is 5.01. The van der Waals surface area contributed by atoms with Gasteiger partial charge in [-0.3, -0.25) is 4.79 Å². The molecule has 2 fully saturated rings. The lowest BCUT2D eigenvalue weighted by atomic mass is 9.90. The van der Waals surface area contributed by atoms with E-state index in [1.165, 1.54) is 49.4 Å². The molecule has 2 aliphatic heterocycles. The number of fused-ring (bicyclic) bond motifs is 1. The first-order valence-electron chi connectivity index (χ1n) is 12.6. The third kappa shape index (κ3) is 5.07. The highest BCUT2D eigenvalue weighted by atomic mass is 16.7. The van der Waals surface area contributed by atoms with Gasteiger partial charge in [-0.05, 0) is 48.9 Å². The fraction of sp³-hybridized carbons (Fsp3) is 0.444. The number of phenols is 2. The van der Waals surface area contributed by atoms with E-state index in [2.05, 4.69) is 0 Å². The number of rotatable bonds is 5. The summed E-state index contributed by atoms with van der Waals surface area (Å²) in [4.78, 5) is 12.9. The van der Waals surface area contributed by atoms with Gasteiger partial charge in [-0.25, -0.2) is 0 Å². The van der Waals surface area contributed by atoms with Crippen LogP contribution in [-0.4, -0.2) is 103 Å². The van der Waals surface area contributed by atoms with Gasteiger partial charge in [-0.2, -0.15) is 0 Å². The van der Waals surface area contributed by atoms with E-state index in [4.69, 9.17) is 18.6 Å². The molecule has 1 aromatic heterocycles. The molecule has 3 heterocycles. The summed E-state index contributed by atoms with van der Waals surface area (Å²) in [6, 6.07) is 9.60. The molecule has 0 aliphatic carbocycles. The predicted octanol–water partition coefficient (Wildman–Crippen LogP) is -0.762. The fourth-order valence-electron chi connectivity index (χ4n) is 5.01. The lowest BCUT2D eigenvalue weighted by molar-refractivity contribution is -0.338. The van der Waals surface area contributed by atoms with E-state index < -0.39 is 79.0 Å². The molecule has 2 aromatic carbocycles. The number of aliphatic hydroxyl groups excluding tert-OH is 6. The zero-order chi connectivity index (χ0) is 28.9. The van der Waals surface area contributed by atoms with Crippen molar-refractivity contribution in [1.82, 2.24) is 0 Å². The molecule has 8 N–H and O–H groups in total.